The van der Waals surface area contributed by atoms with Gasteiger partial charge in [0, 0.05) is 12.5 Å². The van der Waals surface area contributed by atoms with Crippen molar-refractivity contribution in [2.24, 2.45) is 5.84 Å². The summed E-state index contributed by atoms with van der Waals surface area (Å²) >= 11 is 0. The number of hydrazine groups is 1. The number of halogens is 1. The molecule has 0 aliphatic heterocycles. The maximum atomic E-state index is 13.2. The third kappa shape index (κ3) is 4.40. The van der Waals surface area contributed by atoms with Gasteiger partial charge in [0.25, 0.3) is 0 Å². The van der Waals surface area contributed by atoms with Crippen molar-refractivity contribution < 1.29 is 13.9 Å². The van der Waals surface area contributed by atoms with E-state index in [9.17, 15) is 9.18 Å². The Morgan fingerprint density at radius 1 is 1.59 bits per heavy atom. The Morgan fingerprint density at radius 3 is 2.88 bits per heavy atom. The molecule has 3 N–H and O–H groups in total. The van der Waals surface area contributed by atoms with Gasteiger partial charge >= 0.3 is 0 Å². The van der Waals surface area contributed by atoms with Gasteiger partial charge in [0.2, 0.25) is 5.91 Å². The fourth-order valence-corrected chi connectivity index (χ4v) is 1.34. The molecule has 0 aliphatic carbocycles. The molecule has 1 amide bonds. The maximum Gasteiger partial charge on any atom is 0.234 e. The standard InChI is InChI=1S/C12H17FN2O2/c1-8-3-5-10(7-11(8)13)17-9(2)4-6-12(16)15-14/h3,5,7,9H,4,6,14H2,1-2H3,(H,15,16). The zero-order valence-electron chi connectivity index (χ0n) is 10.00. The Morgan fingerprint density at radius 2 is 2.29 bits per heavy atom. The maximum absolute atomic E-state index is 13.2. The molecule has 1 atom stereocenters. The van der Waals surface area contributed by atoms with Gasteiger partial charge in [-0.3, -0.25) is 10.2 Å². The van der Waals surface area contributed by atoms with Gasteiger partial charge in [0.15, 0.2) is 0 Å². The van der Waals surface area contributed by atoms with E-state index in [0.717, 1.165) is 0 Å². The molecule has 0 aliphatic rings. The molecule has 0 bridgehead atoms. The lowest BCUT2D eigenvalue weighted by Gasteiger charge is -2.14. The van der Waals surface area contributed by atoms with Crippen LogP contribution in [0, 0.1) is 12.7 Å². The van der Waals surface area contributed by atoms with E-state index >= 15 is 0 Å². The van der Waals surface area contributed by atoms with Crippen molar-refractivity contribution in [3.05, 3.63) is 29.6 Å². The van der Waals surface area contributed by atoms with Crippen molar-refractivity contribution in [3.63, 3.8) is 0 Å². The molecule has 0 spiro atoms. The number of hydrogen-bond donors (Lipinski definition) is 2. The molecule has 0 fully saturated rings. The van der Waals surface area contributed by atoms with Crippen LogP contribution in [0.3, 0.4) is 0 Å². The highest BCUT2D eigenvalue weighted by molar-refractivity contribution is 5.75. The summed E-state index contributed by atoms with van der Waals surface area (Å²) in [6.45, 7) is 3.51. The van der Waals surface area contributed by atoms with Gasteiger partial charge < -0.3 is 4.74 Å². The minimum Gasteiger partial charge on any atom is -0.491 e. The molecule has 1 aromatic carbocycles. The molecule has 94 valence electrons. The first kappa shape index (κ1) is 13.4. The predicted octanol–water partition coefficient (Wildman–Crippen LogP) is 1.67. The van der Waals surface area contributed by atoms with Crippen LogP contribution in [0.2, 0.25) is 0 Å². The second-order valence-corrected chi connectivity index (χ2v) is 3.95. The lowest BCUT2D eigenvalue weighted by atomic mass is 10.2. The van der Waals surface area contributed by atoms with Crippen molar-refractivity contribution in [2.75, 3.05) is 0 Å². The van der Waals surface area contributed by atoms with Gasteiger partial charge in [-0.25, -0.2) is 10.2 Å². The van der Waals surface area contributed by atoms with Gasteiger partial charge in [0.05, 0.1) is 6.10 Å². The summed E-state index contributed by atoms with van der Waals surface area (Å²) in [6.07, 6.45) is 0.638. The Balaban J connectivity index is 2.47. The minimum atomic E-state index is -0.297. The van der Waals surface area contributed by atoms with E-state index in [0.29, 0.717) is 17.7 Å². The van der Waals surface area contributed by atoms with Crippen molar-refractivity contribution >= 4 is 5.91 Å². The van der Waals surface area contributed by atoms with E-state index < -0.39 is 0 Å². The number of hydrogen-bond acceptors (Lipinski definition) is 3. The van der Waals surface area contributed by atoms with Crippen molar-refractivity contribution in [2.45, 2.75) is 32.8 Å². The number of rotatable bonds is 5. The first-order valence-electron chi connectivity index (χ1n) is 5.45. The molecular weight excluding hydrogens is 223 g/mol. The van der Waals surface area contributed by atoms with Crippen LogP contribution in [0.4, 0.5) is 4.39 Å². The van der Waals surface area contributed by atoms with E-state index in [1.54, 1.807) is 19.1 Å². The number of aryl methyl sites for hydroxylation is 1. The third-order valence-corrected chi connectivity index (χ3v) is 2.42. The van der Waals surface area contributed by atoms with Gasteiger partial charge in [-0.1, -0.05) is 6.07 Å². The van der Waals surface area contributed by atoms with Crippen LogP contribution in [-0.2, 0) is 4.79 Å². The minimum absolute atomic E-state index is 0.172. The molecule has 1 unspecified atom stereocenters. The van der Waals surface area contributed by atoms with E-state index in [1.807, 2.05) is 12.3 Å². The number of ether oxygens (including phenoxy) is 1. The summed E-state index contributed by atoms with van der Waals surface area (Å²) in [4.78, 5) is 10.9. The monoisotopic (exact) mass is 240 g/mol. The fraction of sp³-hybridized carbons (Fsp3) is 0.417. The van der Waals surface area contributed by atoms with E-state index in [1.165, 1.54) is 6.07 Å². The molecule has 1 aromatic rings. The van der Waals surface area contributed by atoms with Crippen molar-refractivity contribution in [1.29, 1.82) is 0 Å². The number of nitrogens with two attached hydrogens (primary N) is 1. The van der Waals surface area contributed by atoms with Crippen LogP contribution in [0.1, 0.15) is 25.3 Å². The average molecular weight is 240 g/mol. The predicted molar refractivity (Wildman–Crippen MR) is 62.8 cm³/mol. The molecule has 5 heteroatoms. The van der Waals surface area contributed by atoms with Crippen LogP contribution in [0.15, 0.2) is 18.2 Å². The second-order valence-electron chi connectivity index (χ2n) is 3.95. The van der Waals surface area contributed by atoms with Gasteiger partial charge in [-0.2, -0.15) is 0 Å². The zero-order valence-corrected chi connectivity index (χ0v) is 10.00. The largest absolute Gasteiger partial charge is 0.491 e. The quantitative estimate of drug-likeness (QED) is 0.467. The number of amides is 1. The smallest absolute Gasteiger partial charge is 0.234 e. The Kier molecular flexibility index (Phi) is 4.90. The lowest BCUT2D eigenvalue weighted by molar-refractivity contribution is -0.121. The zero-order chi connectivity index (χ0) is 12.8. The topological polar surface area (TPSA) is 64.3 Å². The van der Waals surface area contributed by atoms with Gasteiger partial charge in [-0.05, 0) is 31.9 Å². The highest BCUT2D eigenvalue weighted by Crippen LogP contribution is 2.18. The average Bonchev–Trinajstić information content (AvgIpc) is 2.31. The number of nitrogens with one attached hydrogen (secondary N) is 1. The molecule has 0 radical (unpaired) electrons. The van der Waals surface area contributed by atoms with Crippen LogP contribution >= 0.6 is 0 Å². The summed E-state index contributed by atoms with van der Waals surface area (Å²) in [5.41, 5.74) is 2.62. The van der Waals surface area contributed by atoms with Crippen LogP contribution in [-0.4, -0.2) is 12.0 Å². The van der Waals surface area contributed by atoms with Crippen LogP contribution < -0.4 is 16.0 Å². The second kappa shape index (κ2) is 6.20. The summed E-state index contributed by atoms with van der Waals surface area (Å²) < 4.78 is 18.7. The summed E-state index contributed by atoms with van der Waals surface area (Å²) in [7, 11) is 0. The molecular formula is C12H17FN2O2. The number of carbonyl (C=O) groups is 1. The Labute approximate surface area is 99.9 Å². The Bertz CT molecular complexity index is 396. The van der Waals surface area contributed by atoms with Crippen molar-refractivity contribution in [1.82, 2.24) is 5.43 Å². The molecule has 17 heavy (non-hydrogen) atoms. The van der Waals surface area contributed by atoms with E-state index in [2.05, 4.69) is 0 Å². The molecule has 0 saturated carbocycles. The van der Waals surface area contributed by atoms with Gasteiger partial charge in [-0.15, -0.1) is 0 Å². The SMILES string of the molecule is Cc1ccc(OC(C)CCC(=O)NN)cc1F. The van der Waals surface area contributed by atoms with Crippen LogP contribution in [0.25, 0.3) is 0 Å². The highest BCUT2D eigenvalue weighted by Gasteiger charge is 2.08. The van der Waals surface area contributed by atoms with Crippen LogP contribution in [0.5, 0.6) is 5.75 Å². The summed E-state index contributed by atoms with van der Waals surface area (Å²) in [5.74, 6) is 4.89. The highest BCUT2D eigenvalue weighted by atomic mass is 19.1. The normalized spacial score (nSPS) is 12.0. The molecule has 0 heterocycles. The van der Waals surface area contributed by atoms with E-state index in [-0.39, 0.29) is 24.2 Å². The van der Waals surface area contributed by atoms with Crippen molar-refractivity contribution in [3.8, 4) is 5.75 Å². The van der Waals surface area contributed by atoms with E-state index in [4.69, 9.17) is 10.6 Å². The number of benzene rings is 1. The molecule has 1 rings (SSSR count). The first-order chi connectivity index (χ1) is 8.02. The lowest BCUT2D eigenvalue weighted by Crippen LogP contribution is -2.30. The summed E-state index contributed by atoms with van der Waals surface area (Å²) in [6, 6.07) is 4.71. The number of carbonyl (C=O) groups excluding carboxylic acids is 1. The fourth-order valence-electron chi connectivity index (χ4n) is 1.34. The Hall–Kier alpha value is -1.62. The third-order valence-electron chi connectivity index (χ3n) is 2.42. The summed E-state index contributed by atoms with van der Waals surface area (Å²) in [5, 5.41) is 0. The molecule has 0 aromatic heterocycles. The molecule has 0 saturated heterocycles. The first-order valence-corrected chi connectivity index (χ1v) is 5.45. The van der Waals surface area contributed by atoms with Gasteiger partial charge in [0.1, 0.15) is 11.6 Å². The molecule has 4 nitrogen and oxygen atoms in total.